The van der Waals surface area contributed by atoms with Gasteiger partial charge in [0.15, 0.2) is 17.5 Å². The fraction of sp³-hybridized carbons (Fsp3) is 0.0465. The molecule has 8 aromatic rings. The lowest BCUT2D eigenvalue weighted by molar-refractivity contribution is 0.277. The Balaban J connectivity index is 1.19. The molecule has 2 atom stereocenters. The van der Waals surface area contributed by atoms with Crippen LogP contribution in [-0.4, -0.2) is 21.1 Å². The molecule has 6 aromatic carbocycles. The van der Waals surface area contributed by atoms with Gasteiger partial charge < -0.3 is 9.15 Å². The average molecular weight is 618 g/mol. The van der Waals surface area contributed by atoms with E-state index in [0.717, 1.165) is 66.3 Å². The lowest BCUT2D eigenvalue weighted by atomic mass is 9.87. The third kappa shape index (κ3) is 4.21. The van der Waals surface area contributed by atoms with E-state index in [9.17, 15) is 0 Å². The molecule has 5 nitrogen and oxygen atoms in total. The minimum Gasteiger partial charge on any atom is -0.484 e. The predicted molar refractivity (Wildman–Crippen MR) is 192 cm³/mol. The highest BCUT2D eigenvalue weighted by atomic mass is 16.5. The maximum Gasteiger partial charge on any atom is 0.164 e. The van der Waals surface area contributed by atoms with Crippen LogP contribution in [0.3, 0.4) is 0 Å². The SMILES string of the molecule is C1=CC2c3ccccc3OC2C(c2nc(-c3ccccc3)nc(-c3cc(-c4cccc5oc6ccccc6c45)c4ccccc4c3)n2)=C1. The van der Waals surface area contributed by atoms with Gasteiger partial charge in [-0.2, -0.15) is 0 Å². The summed E-state index contributed by atoms with van der Waals surface area (Å²) in [6.45, 7) is 0. The minimum atomic E-state index is -0.217. The molecule has 3 heterocycles. The number of hydrogen-bond acceptors (Lipinski definition) is 5. The lowest BCUT2D eigenvalue weighted by Crippen LogP contribution is -2.23. The molecule has 2 aromatic heterocycles. The first-order valence-corrected chi connectivity index (χ1v) is 16.2. The molecule has 5 heteroatoms. The summed E-state index contributed by atoms with van der Waals surface area (Å²) in [5, 5.41) is 4.44. The highest BCUT2D eigenvalue weighted by molar-refractivity contribution is 6.15. The Kier molecular flexibility index (Phi) is 5.93. The number of nitrogens with zero attached hydrogens (tertiary/aromatic N) is 3. The molecule has 0 saturated heterocycles. The second-order valence-electron chi connectivity index (χ2n) is 12.3. The Morgan fingerprint density at radius 1 is 0.542 bits per heavy atom. The zero-order chi connectivity index (χ0) is 31.6. The Morgan fingerprint density at radius 2 is 1.27 bits per heavy atom. The maximum absolute atomic E-state index is 6.54. The van der Waals surface area contributed by atoms with Crippen molar-refractivity contribution in [3.63, 3.8) is 0 Å². The molecule has 10 rings (SSSR count). The largest absolute Gasteiger partial charge is 0.484 e. The third-order valence-electron chi connectivity index (χ3n) is 9.50. The third-order valence-corrected chi connectivity index (χ3v) is 9.50. The van der Waals surface area contributed by atoms with E-state index in [4.69, 9.17) is 24.1 Å². The molecule has 2 aliphatic rings. The van der Waals surface area contributed by atoms with Gasteiger partial charge in [0.2, 0.25) is 0 Å². The van der Waals surface area contributed by atoms with Crippen molar-refractivity contribution < 1.29 is 9.15 Å². The molecule has 0 saturated carbocycles. The molecule has 48 heavy (non-hydrogen) atoms. The van der Waals surface area contributed by atoms with Crippen molar-refractivity contribution in [3.8, 4) is 39.7 Å². The smallest absolute Gasteiger partial charge is 0.164 e. The van der Waals surface area contributed by atoms with E-state index >= 15 is 0 Å². The predicted octanol–water partition coefficient (Wildman–Crippen LogP) is 10.4. The van der Waals surface area contributed by atoms with Gasteiger partial charge in [-0.15, -0.1) is 0 Å². The highest BCUT2D eigenvalue weighted by Gasteiger charge is 2.38. The number of furan rings is 1. The second-order valence-corrected chi connectivity index (χ2v) is 12.3. The van der Waals surface area contributed by atoms with Gasteiger partial charge in [-0.05, 0) is 52.2 Å². The molecule has 0 fully saturated rings. The fourth-order valence-electron chi connectivity index (χ4n) is 7.29. The lowest BCUT2D eigenvalue weighted by Gasteiger charge is -2.22. The quantitative estimate of drug-likeness (QED) is 0.197. The normalized spacial score (nSPS) is 16.5. The van der Waals surface area contributed by atoms with Crippen LogP contribution >= 0.6 is 0 Å². The first-order valence-electron chi connectivity index (χ1n) is 16.2. The Bertz CT molecular complexity index is 2620. The summed E-state index contributed by atoms with van der Waals surface area (Å²) in [7, 11) is 0. The van der Waals surface area contributed by atoms with E-state index in [2.05, 4.69) is 91.0 Å². The van der Waals surface area contributed by atoms with Crippen LogP contribution in [0, 0.1) is 0 Å². The number of hydrogen-bond donors (Lipinski definition) is 0. The second kappa shape index (κ2) is 10.6. The Hall–Kier alpha value is -6.33. The molecule has 1 aliphatic carbocycles. The molecule has 226 valence electrons. The van der Waals surface area contributed by atoms with E-state index in [1.54, 1.807) is 0 Å². The van der Waals surface area contributed by atoms with E-state index in [0.29, 0.717) is 17.5 Å². The molecule has 0 N–H and O–H groups in total. The number of allylic oxidation sites excluding steroid dienone is 2. The van der Waals surface area contributed by atoms with Gasteiger partial charge in [0.05, 0.1) is 0 Å². The van der Waals surface area contributed by atoms with Gasteiger partial charge in [0.25, 0.3) is 0 Å². The molecule has 2 unspecified atom stereocenters. The van der Waals surface area contributed by atoms with Crippen LogP contribution in [0.4, 0.5) is 0 Å². The van der Waals surface area contributed by atoms with Crippen LogP contribution in [0.1, 0.15) is 17.3 Å². The van der Waals surface area contributed by atoms with E-state index in [1.807, 2.05) is 60.7 Å². The molecule has 1 aliphatic heterocycles. The summed E-state index contributed by atoms with van der Waals surface area (Å²) in [5.74, 6) is 2.85. The van der Waals surface area contributed by atoms with Gasteiger partial charge in [0.1, 0.15) is 23.0 Å². The number of ether oxygens (including phenoxy) is 1. The number of fused-ring (bicyclic) bond motifs is 7. The standard InChI is InChI=1S/C43H27N3O2/c1-2-12-26(13-3-1)41-44-42(46-43(45-41)34-20-10-19-32-30-16-6-8-21-36(30)48-40(32)34)28-24-27-14-4-5-15-29(27)35(25-28)31-18-11-23-38-39(31)33-17-7-9-22-37(33)47-38/h1-25,32,40H. The first-order chi connectivity index (χ1) is 23.8. The minimum absolute atomic E-state index is 0.0964. The summed E-state index contributed by atoms with van der Waals surface area (Å²) in [5.41, 5.74) is 7.90. The molecular formula is C43H27N3O2. The molecular weight excluding hydrogens is 590 g/mol. The molecule has 0 bridgehead atoms. The fourth-order valence-corrected chi connectivity index (χ4v) is 7.29. The van der Waals surface area contributed by atoms with Gasteiger partial charge in [-0.3, -0.25) is 0 Å². The zero-order valence-corrected chi connectivity index (χ0v) is 25.7. The summed E-state index contributed by atoms with van der Waals surface area (Å²) in [6.07, 6.45) is 6.16. The topological polar surface area (TPSA) is 61.0 Å². The van der Waals surface area contributed by atoms with Crippen molar-refractivity contribution in [2.24, 2.45) is 0 Å². The summed E-state index contributed by atoms with van der Waals surface area (Å²) >= 11 is 0. The van der Waals surface area contributed by atoms with Gasteiger partial charge in [-0.25, -0.2) is 15.0 Å². The number of para-hydroxylation sites is 2. The molecule has 0 radical (unpaired) electrons. The Labute approximate surface area is 276 Å². The first kappa shape index (κ1) is 26.8. The monoisotopic (exact) mass is 617 g/mol. The van der Waals surface area contributed by atoms with Crippen LogP contribution in [0.5, 0.6) is 5.75 Å². The number of aromatic nitrogens is 3. The van der Waals surface area contributed by atoms with Crippen LogP contribution < -0.4 is 4.74 Å². The summed E-state index contributed by atoms with van der Waals surface area (Å²) in [6, 6.07) is 45.8. The van der Waals surface area contributed by atoms with E-state index < -0.39 is 0 Å². The van der Waals surface area contributed by atoms with E-state index in [-0.39, 0.29) is 12.0 Å². The van der Waals surface area contributed by atoms with Crippen LogP contribution in [0.15, 0.2) is 156 Å². The van der Waals surface area contributed by atoms with Gasteiger partial charge in [-0.1, -0.05) is 121 Å². The molecule has 0 amide bonds. The van der Waals surface area contributed by atoms with Crippen molar-refractivity contribution in [1.82, 2.24) is 15.0 Å². The van der Waals surface area contributed by atoms with Crippen molar-refractivity contribution >= 4 is 38.3 Å². The average Bonchev–Trinajstić information content (AvgIpc) is 3.73. The van der Waals surface area contributed by atoms with Crippen molar-refractivity contribution in [2.75, 3.05) is 0 Å². The Morgan fingerprint density at radius 3 is 2.19 bits per heavy atom. The van der Waals surface area contributed by atoms with Crippen LogP contribution in [-0.2, 0) is 0 Å². The van der Waals surface area contributed by atoms with E-state index in [1.165, 1.54) is 5.56 Å². The number of benzene rings is 6. The maximum atomic E-state index is 6.54. The van der Waals surface area contributed by atoms with Crippen LogP contribution in [0.2, 0.25) is 0 Å². The summed E-state index contributed by atoms with van der Waals surface area (Å²) < 4.78 is 12.8. The number of rotatable bonds is 4. The van der Waals surface area contributed by atoms with Crippen molar-refractivity contribution in [3.05, 3.63) is 163 Å². The zero-order valence-electron chi connectivity index (χ0n) is 25.7. The summed E-state index contributed by atoms with van der Waals surface area (Å²) in [4.78, 5) is 15.4. The van der Waals surface area contributed by atoms with Crippen molar-refractivity contribution in [2.45, 2.75) is 12.0 Å². The van der Waals surface area contributed by atoms with Gasteiger partial charge >= 0.3 is 0 Å². The van der Waals surface area contributed by atoms with Crippen LogP contribution in [0.25, 0.3) is 72.2 Å². The molecule has 0 spiro atoms. The van der Waals surface area contributed by atoms with Crippen molar-refractivity contribution in [1.29, 1.82) is 0 Å². The van der Waals surface area contributed by atoms with Gasteiger partial charge in [0, 0.05) is 39.0 Å². The highest BCUT2D eigenvalue weighted by Crippen LogP contribution is 2.46.